The number of likely N-dealkylation sites (tertiary alicyclic amines) is 2. The number of piperidine rings is 1. The van der Waals surface area contributed by atoms with E-state index in [-0.39, 0.29) is 18.2 Å². The Morgan fingerprint density at radius 1 is 1.20 bits per heavy atom. The smallest absolute Gasteiger partial charge is 0.309 e. The molecule has 2 aliphatic heterocycles. The Hall–Kier alpha value is -2.02. The molecule has 1 unspecified atom stereocenters. The molecule has 134 valence electrons. The van der Waals surface area contributed by atoms with Crippen molar-refractivity contribution in [2.45, 2.75) is 29.7 Å². The van der Waals surface area contributed by atoms with Crippen LogP contribution in [0.1, 0.15) is 29.6 Å². The Kier molecular flexibility index (Phi) is 4.77. The highest BCUT2D eigenvalue weighted by molar-refractivity contribution is 7.98. The van der Waals surface area contributed by atoms with Crippen LogP contribution >= 0.6 is 11.8 Å². The first-order valence-electron chi connectivity index (χ1n) is 8.32. The zero-order chi connectivity index (χ0) is 18.2. The average Bonchev–Trinajstić information content (AvgIpc) is 2.87. The van der Waals surface area contributed by atoms with Crippen molar-refractivity contribution < 1.29 is 19.5 Å². The van der Waals surface area contributed by atoms with Gasteiger partial charge in [-0.3, -0.25) is 14.4 Å². The molecule has 0 bridgehead atoms. The Balaban J connectivity index is 1.73. The molecule has 2 amide bonds. The molecule has 1 atom stereocenters. The topological polar surface area (TPSA) is 77.9 Å². The lowest BCUT2D eigenvalue weighted by Crippen LogP contribution is -2.56. The Morgan fingerprint density at radius 2 is 1.80 bits per heavy atom. The molecule has 7 heteroatoms. The van der Waals surface area contributed by atoms with Crippen molar-refractivity contribution in [3.05, 3.63) is 29.8 Å². The molecule has 1 aromatic carbocycles. The van der Waals surface area contributed by atoms with Gasteiger partial charge in [0.25, 0.3) is 5.91 Å². The van der Waals surface area contributed by atoms with Crippen LogP contribution in [-0.4, -0.2) is 64.6 Å². The fourth-order valence-corrected chi connectivity index (χ4v) is 4.41. The van der Waals surface area contributed by atoms with Gasteiger partial charge in [-0.1, -0.05) is 0 Å². The summed E-state index contributed by atoms with van der Waals surface area (Å²) in [4.78, 5) is 40.8. The molecule has 2 heterocycles. The van der Waals surface area contributed by atoms with E-state index in [4.69, 9.17) is 0 Å². The second-order valence-corrected chi connectivity index (χ2v) is 7.55. The SMILES string of the molecule is CSc1ccc(C(=O)N2CCC3(CC2)C(C(=O)O)CC(=O)N3C)cc1. The van der Waals surface area contributed by atoms with Crippen LogP contribution in [0.15, 0.2) is 29.2 Å². The van der Waals surface area contributed by atoms with Gasteiger partial charge < -0.3 is 14.9 Å². The van der Waals surface area contributed by atoms with Gasteiger partial charge in [0.1, 0.15) is 0 Å². The van der Waals surface area contributed by atoms with E-state index in [0.29, 0.717) is 31.5 Å². The first kappa shape index (κ1) is 17.8. The summed E-state index contributed by atoms with van der Waals surface area (Å²) >= 11 is 1.62. The molecule has 1 spiro atoms. The Morgan fingerprint density at radius 3 is 2.32 bits per heavy atom. The first-order chi connectivity index (χ1) is 11.9. The maximum atomic E-state index is 12.7. The molecular weight excluding hydrogens is 340 g/mol. The lowest BCUT2D eigenvalue weighted by molar-refractivity contribution is -0.145. The van der Waals surface area contributed by atoms with E-state index in [1.165, 1.54) is 0 Å². The number of carbonyl (C=O) groups excluding carboxylic acids is 2. The van der Waals surface area contributed by atoms with Crippen LogP contribution in [0.4, 0.5) is 0 Å². The standard InChI is InChI=1S/C18H22N2O4S/c1-19-15(21)11-14(17(23)24)18(19)7-9-20(10-8-18)16(22)12-3-5-13(25-2)6-4-12/h3-6,14H,7-11H2,1-2H3,(H,23,24). The first-order valence-corrected chi connectivity index (χ1v) is 9.54. The van der Waals surface area contributed by atoms with Gasteiger partial charge >= 0.3 is 5.97 Å². The zero-order valence-electron chi connectivity index (χ0n) is 14.4. The van der Waals surface area contributed by atoms with Crippen molar-refractivity contribution in [1.29, 1.82) is 0 Å². The van der Waals surface area contributed by atoms with Crippen LogP contribution in [0.2, 0.25) is 0 Å². The number of hydrogen-bond acceptors (Lipinski definition) is 4. The van der Waals surface area contributed by atoms with Crippen LogP contribution in [0.25, 0.3) is 0 Å². The van der Waals surface area contributed by atoms with E-state index in [9.17, 15) is 19.5 Å². The molecule has 1 aromatic rings. The van der Waals surface area contributed by atoms with Crippen molar-refractivity contribution in [2.75, 3.05) is 26.4 Å². The van der Waals surface area contributed by atoms with Crippen LogP contribution < -0.4 is 0 Å². The highest BCUT2D eigenvalue weighted by Gasteiger charge is 2.55. The van der Waals surface area contributed by atoms with E-state index in [0.717, 1.165) is 4.90 Å². The Bertz CT molecular complexity index is 696. The maximum Gasteiger partial charge on any atom is 0.309 e. The van der Waals surface area contributed by atoms with Crippen LogP contribution in [0.3, 0.4) is 0 Å². The third-order valence-corrected chi connectivity index (χ3v) is 6.36. The molecule has 1 N–H and O–H groups in total. The van der Waals surface area contributed by atoms with Gasteiger partial charge in [0.15, 0.2) is 0 Å². The predicted octanol–water partition coefficient (Wildman–Crippen LogP) is 1.95. The second kappa shape index (κ2) is 6.71. The molecule has 3 rings (SSSR count). The van der Waals surface area contributed by atoms with Crippen molar-refractivity contribution >= 4 is 29.5 Å². The highest BCUT2D eigenvalue weighted by Crippen LogP contribution is 2.43. The number of rotatable bonds is 3. The summed E-state index contributed by atoms with van der Waals surface area (Å²) in [5.74, 6) is -1.78. The van der Waals surface area contributed by atoms with E-state index in [2.05, 4.69) is 0 Å². The normalized spacial score (nSPS) is 22.5. The third-order valence-electron chi connectivity index (χ3n) is 5.62. The van der Waals surface area contributed by atoms with Crippen molar-refractivity contribution in [3.63, 3.8) is 0 Å². The lowest BCUT2D eigenvalue weighted by atomic mass is 9.77. The lowest BCUT2D eigenvalue weighted by Gasteiger charge is -2.45. The molecule has 25 heavy (non-hydrogen) atoms. The molecular formula is C18H22N2O4S. The predicted molar refractivity (Wildman–Crippen MR) is 94.6 cm³/mol. The minimum Gasteiger partial charge on any atom is -0.481 e. The number of carboxylic acid groups (broad SMARTS) is 1. The van der Waals surface area contributed by atoms with Crippen molar-refractivity contribution in [3.8, 4) is 0 Å². The summed E-state index contributed by atoms with van der Waals surface area (Å²) < 4.78 is 0. The fraction of sp³-hybridized carbons (Fsp3) is 0.500. The second-order valence-electron chi connectivity index (χ2n) is 6.67. The molecule has 0 saturated carbocycles. The summed E-state index contributed by atoms with van der Waals surface area (Å²) in [6.07, 6.45) is 3.04. The molecule has 0 radical (unpaired) electrons. The number of carboxylic acids is 1. The van der Waals surface area contributed by atoms with Crippen molar-refractivity contribution in [2.24, 2.45) is 5.92 Å². The van der Waals surface area contributed by atoms with Gasteiger partial charge in [0.2, 0.25) is 5.91 Å². The molecule has 0 aromatic heterocycles. The molecule has 2 aliphatic rings. The van der Waals surface area contributed by atoms with Gasteiger partial charge in [-0.05, 0) is 43.4 Å². The quantitative estimate of drug-likeness (QED) is 0.832. The number of hydrogen-bond donors (Lipinski definition) is 1. The summed E-state index contributed by atoms with van der Waals surface area (Å²) in [5.41, 5.74) is -0.0260. The fourth-order valence-electron chi connectivity index (χ4n) is 4.00. The number of thioether (sulfide) groups is 1. The minimum atomic E-state index is -0.926. The molecule has 0 aliphatic carbocycles. The summed E-state index contributed by atoms with van der Waals surface area (Å²) in [6, 6.07) is 7.49. The maximum absolute atomic E-state index is 12.7. The van der Waals surface area contributed by atoms with Crippen LogP contribution in [0, 0.1) is 5.92 Å². The van der Waals surface area contributed by atoms with E-state index >= 15 is 0 Å². The molecule has 2 fully saturated rings. The number of aliphatic carboxylic acids is 1. The van der Waals surface area contributed by atoms with E-state index in [1.807, 2.05) is 30.5 Å². The largest absolute Gasteiger partial charge is 0.481 e. The van der Waals surface area contributed by atoms with Gasteiger partial charge in [-0.25, -0.2) is 0 Å². The van der Waals surface area contributed by atoms with Gasteiger partial charge in [-0.2, -0.15) is 0 Å². The molecule has 6 nitrogen and oxygen atoms in total. The monoisotopic (exact) mass is 362 g/mol. The third kappa shape index (κ3) is 3.01. The average molecular weight is 362 g/mol. The molecule has 2 saturated heterocycles. The summed E-state index contributed by atoms with van der Waals surface area (Å²) in [5, 5.41) is 9.51. The number of amides is 2. The zero-order valence-corrected chi connectivity index (χ0v) is 15.2. The number of nitrogens with zero attached hydrogens (tertiary/aromatic N) is 2. The van der Waals surface area contributed by atoms with Gasteiger partial charge in [0, 0.05) is 37.0 Å². The Labute approximate surface area is 151 Å². The number of benzene rings is 1. The van der Waals surface area contributed by atoms with E-state index < -0.39 is 17.4 Å². The van der Waals surface area contributed by atoms with Gasteiger partial charge in [-0.15, -0.1) is 11.8 Å². The summed E-state index contributed by atoms with van der Waals surface area (Å²) in [6.45, 7) is 0.926. The number of carbonyl (C=O) groups is 3. The highest BCUT2D eigenvalue weighted by atomic mass is 32.2. The van der Waals surface area contributed by atoms with Crippen LogP contribution in [-0.2, 0) is 9.59 Å². The summed E-state index contributed by atoms with van der Waals surface area (Å²) in [7, 11) is 1.68. The minimum absolute atomic E-state index is 0.0404. The van der Waals surface area contributed by atoms with Gasteiger partial charge in [0.05, 0.1) is 11.5 Å². The van der Waals surface area contributed by atoms with Crippen molar-refractivity contribution in [1.82, 2.24) is 9.80 Å². The van der Waals surface area contributed by atoms with E-state index in [1.54, 1.807) is 28.6 Å². The van der Waals surface area contributed by atoms with Crippen LogP contribution in [0.5, 0.6) is 0 Å².